The van der Waals surface area contributed by atoms with Crippen molar-refractivity contribution >= 4 is 15.6 Å². The first-order chi connectivity index (χ1) is 8.50. The Labute approximate surface area is 105 Å². The van der Waals surface area contributed by atoms with Gasteiger partial charge in [0.25, 0.3) is 0 Å². The minimum atomic E-state index is -3.91. The van der Waals surface area contributed by atoms with E-state index in [4.69, 9.17) is 4.74 Å². The number of carbonyl (C=O) groups excluding carboxylic acids is 1. The number of Topliss-reactive ketones (excluding diaryl/α,β-unsaturated/α-hetero) is 1. The molecule has 1 aromatic rings. The van der Waals surface area contributed by atoms with Gasteiger partial charge >= 0.3 is 0 Å². The van der Waals surface area contributed by atoms with Gasteiger partial charge in [-0.05, 0) is 18.6 Å². The van der Waals surface area contributed by atoms with Crippen LogP contribution in [0, 0.1) is 11.7 Å². The predicted molar refractivity (Wildman–Crippen MR) is 62.4 cm³/mol. The zero-order valence-electron chi connectivity index (χ0n) is 9.63. The van der Waals surface area contributed by atoms with Crippen LogP contribution in [0.4, 0.5) is 4.39 Å². The molecular formula is C12H13FO4S. The Bertz CT molecular complexity index is 547. The number of halogens is 1. The van der Waals surface area contributed by atoms with Crippen molar-refractivity contribution in [1.82, 2.24) is 0 Å². The summed E-state index contributed by atoms with van der Waals surface area (Å²) in [5, 5.41) is 0. The average molecular weight is 272 g/mol. The highest BCUT2D eigenvalue weighted by atomic mass is 32.2. The van der Waals surface area contributed by atoms with Gasteiger partial charge in [-0.15, -0.1) is 0 Å². The van der Waals surface area contributed by atoms with Crippen molar-refractivity contribution in [3.63, 3.8) is 0 Å². The highest BCUT2D eigenvalue weighted by Gasteiger charge is 2.29. The van der Waals surface area contributed by atoms with Gasteiger partial charge in [0.05, 0.1) is 6.61 Å². The molecule has 0 N–H and O–H groups in total. The smallest absolute Gasteiger partial charge is 0.188 e. The van der Waals surface area contributed by atoms with Crippen LogP contribution in [0.2, 0.25) is 0 Å². The Morgan fingerprint density at radius 2 is 2.11 bits per heavy atom. The Balaban J connectivity index is 2.17. The van der Waals surface area contributed by atoms with Crippen molar-refractivity contribution < 1.29 is 22.3 Å². The molecule has 0 bridgehead atoms. The van der Waals surface area contributed by atoms with Gasteiger partial charge in [0, 0.05) is 12.5 Å². The fraction of sp³-hybridized carbons (Fsp3) is 0.417. The topological polar surface area (TPSA) is 60.4 Å². The predicted octanol–water partition coefficient (Wildman–Crippen LogP) is 1.21. The largest absolute Gasteiger partial charge is 0.381 e. The molecular weight excluding hydrogens is 259 g/mol. The Morgan fingerprint density at radius 1 is 1.39 bits per heavy atom. The maximum Gasteiger partial charge on any atom is 0.188 e. The summed E-state index contributed by atoms with van der Waals surface area (Å²) in [7, 11) is -3.91. The Kier molecular flexibility index (Phi) is 3.77. The van der Waals surface area contributed by atoms with E-state index in [1.165, 1.54) is 18.2 Å². The highest BCUT2D eigenvalue weighted by Crippen LogP contribution is 2.19. The third-order valence-electron chi connectivity index (χ3n) is 2.89. The number of ketones is 1. The number of sulfone groups is 1. The quantitative estimate of drug-likeness (QED) is 0.826. The molecule has 4 nitrogen and oxygen atoms in total. The van der Waals surface area contributed by atoms with Crippen LogP contribution < -0.4 is 0 Å². The molecule has 1 saturated heterocycles. The van der Waals surface area contributed by atoms with Crippen LogP contribution in [-0.4, -0.2) is 33.2 Å². The van der Waals surface area contributed by atoms with Gasteiger partial charge in [0.15, 0.2) is 15.6 Å². The van der Waals surface area contributed by atoms with Crippen LogP contribution in [0.1, 0.15) is 6.42 Å². The minimum Gasteiger partial charge on any atom is -0.381 e. The molecule has 0 aromatic heterocycles. The van der Waals surface area contributed by atoms with E-state index in [9.17, 15) is 17.6 Å². The lowest BCUT2D eigenvalue weighted by Gasteiger charge is -2.08. The number of ether oxygens (including phenoxy) is 1. The molecule has 1 heterocycles. The summed E-state index contributed by atoms with van der Waals surface area (Å²) < 4.78 is 42.3. The maximum atomic E-state index is 13.4. The minimum absolute atomic E-state index is 0.256. The molecule has 0 amide bonds. The molecule has 98 valence electrons. The van der Waals surface area contributed by atoms with Gasteiger partial charge in [-0.2, -0.15) is 0 Å². The second kappa shape index (κ2) is 5.16. The van der Waals surface area contributed by atoms with Crippen molar-refractivity contribution in [3.8, 4) is 0 Å². The molecule has 6 heteroatoms. The number of carbonyl (C=O) groups is 1. The Morgan fingerprint density at radius 3 is 2.72 bits per heavy atom. The summed E-state index contributed by atoms with van der Waals surface area (Å²) >= 11 is 0. The number of rotatable bonds is 4. The van der Waals surface area contributed by atoms with Gasteiger partial charge < -0.3 is 4.74 Å². The van der Waals surface area contributed by atoms with Gasteiger partial charge in [-0.25, -0.2) is 12.8 Å². The Hall–Kier alpha value is -1.27. The van der Waals surface area contributed by atoms with Crippen LogP contribution in [0.25, 0.3) is 0 Å². The molecule has 0 radical (unpaired) electrons. The van der Waals surface area contributed by atoms with E-state index in [0.717, 1.165) is 6.07 Å². The second-order valence-electron chi connectivity index (χ2n) is 4.22. The van der Waals surface area contributed by atoms with Crippen molar-refractivity contribution in [2.75, 3.05) is 19.0 Å². The molecule has 0 saturated carbocycles. The zero-order valence-corrected chi connectivity index (χ0v) is 10.5. The van der Waals surface area contributed by atoms with Gasteiger partial charge in [-0.1, -0.05) is 12.1 Å². The molecule has 2 rings (SSSR count). The summed E-state index contributed by atoms with van der Waals surface area (Å²) in [5.41, 5.74) is 0. The molecule has 1 aliphatic rings. The van der Waals surface area contributed by atoms with Crippen LogP contribution in [0.3, 0.4) is 0 Å². The normalized spacial score (nSPS) is 19.9. The first-order valence-electron chi connectivity index (χ1n) is 5.58. The van der Waals surface area contributed by atoms with E-state index in [2.05, 4.69) is 0 Å². The van der Waals surface area contributed by atoms with Gasteiger partial charge in [0.1, 0.15) is 16.5 Å². The molecule has 1 aromatic carbocycles. The second-order valence-corrected chi connectivity index (χ2v) is 6.17. The van der Waals surface area contributed by atoms with E-state index >= 15 is 0 Å². The fourth-order valence-electron chi connectivity index (χ4n) is 1.87. The van der Waals surface area contributed by atoms with Crippen molar-refractivity contribution in [2.24, 2.45) is 5.92 Å². The lowest BCUT2D eigenvalue weighted by atomic mass is 10.1. The van der Waals surface area contributed by atoms with Crippen molar-refractivity contribution in [3.05, 3.63) is 30.1 Å². The van der Waals surface area contributed by atoms with E-state index in [0.29, 0.717) is 13.0 Å². The molecule has 1 aliphatic heterocycles. The van der Waals surface area contributed by atoms with E-state index in [1.54, 1.807) is 0 Å². The van der Waals surface area contributed by atoms with Gasteiger partial charge in [-0.3, -0.25) is 4.79 Å². The molecule has 0 aliphatic carbocycles. The lowest BCUT2D eigenvalue weighted by Crippen LogP contribution is -2.24. The van der Waals surface area contributed by atoms with E-state index in [1.807, 2.05) is 0 Å². The molecule has 0 spiro atoms. The standard InChI is InChI=1S/C12H13FO4S/c13-10-3-1-2-4-12(10)18(15,16)8-11(14)9-5-6-17-7-9/h1-4,9H,5-8H2. The first-order valence-corrected chi connectivity index (χ1v) is 7.23. The van der Waals surface area contributed by atoms with E-state index < -0.39 is 32.1 Å². The van der Waals surface area contributed by atoms with Crippen LogP contribution in [-0.2, 0) is 19.4 Å². The van der Waals surface area contributed by atoms with Crippen molar-refractivity contribution in [2.45, 2.75) is 11.3 Å². The molecule has 1 atom stereocenters. The number of hydrogen-bond acceptors (Lipinski definition) is 4. The van der Waals surface area contributed by atoms with Gasteiger partial charge in [0.2, 0.25) is 0 Å². The van der Waals surface area contributed by atoms with Crippen LogP contribution in [0.15, 0.2) is 29.2 Å². The zero-order chi connectivity index (χ0) is 13.2. The lowest BCUT2D eigenvalue weighted by molar-refractivity contribution is -0.120. The highest BCUT2D eigenvalue weighted by molar-refractivity contribution is 7.92. The van der Waals surface area contributed by atoms with Crippen molar-refractivity contribution in [1.29, 1.82) is 0 Å². The number of benzene rings is 1. The summed E-state index contributed by atoms with van der Waals surface area (Å²) in [6.07, 6.45) is 0.533. The summed E-state index contributed by atoms with van der Waals surface area (Å²) in [4.78, 5) is 11.3. The third-order valence-corrected chi connectivity index (χ3v) is 4.55. The number of hydrogen-bond donors (Lipinski definition) is 0. The maximum absolute atomic E-state index is 13.4. The van der Waals surface area contributed by atoms with Crippen LogP contribution >= 0.6 is 0 Å². The summed E-state index contributed by atoms with van der Waals surface area (Å²) in [6, 6.07) is 5.07. The van der Waals surface area contributed by atoms with E-state index in [-0.39, 0.29) is 12.5 Å². The third kappa shape index (κ3) is 2.76. The summed E-state index contributed by atoms with van der Waals surface area (Å²) in [6.45, 7) is 0.724. The fourth-order valence-corrected chi connectivity index (χ4v) is 3.29. The first kappa shape index (κ1) is 13.2. The molecule has 1 unspecified atom stereocenters. The average Bonchev–Trinajstić information content (AvgIpc) is 2.82. The molecule has 1 fully saturated rings. The van der Waals surface area contributed by atoms with Crippen LogP contribution in [0.5, 0.6) is 0 Å². The summed E-state index contributed by atoms with van der Waals surface area (Å²) in [5.74, 6) is -2.28. The SMILES string of the molecule is O=C(CS(=O)(=O)c1ccccc1F)C1CCOC1. The monoisotopic (exact) mass is 272 g/mol. The molecule has 18 heavy (non-hydrogen) atoms.